The molecule has 4 N–H and O–H groups in total. The van der Waals surface area contributed by atoms with Crippen LogP contribution < -0.4 is 20.7 Å². The second-order valence-corrected chi connectivity index (χ2v) is 9.42. The number of aryl methyl sites for hydroxylation is 1. The molecule has 0 aliphatic heterocycles. The lowest BCUT2D eigenvalue weighted by molar-refractivity contribution is 0.246. The molecule has 8 nitrogen and oxygen atoms in total. The molecule has 0 bridgehead atoms. The summed E-state index contributed by atoms with van der Waals surface area (Å²) in [5.41, 5.74) is 2.62. The largest absolute Gasteiger partial charge is 0.337 e. The van der Waals surface area contributed by atoms with Gasteiger partial charge in [0.2, 0.25) is 0 Å². The zero-order chi connectivity index (χ0) is 24.7. The maximum Gasteiger partial charge on any atom is 0.328 e. The number of sulfonamides is 1. The molecular formula is C23H22ClFN4O4S. The number of halogens is 2. The fourth-order valence-corrected chi connectivity index (χ4v) is 3.99. The van der Waals surface area contributed by atoms with Crippen LogP contribution in [0.25, 0.3) is 0 Å². The number of hydrogen-bond acceptors (Lipinski definition) is 4. The number of amides is 4. The predicted octanol–water partition coefficient (Wildman–Crippen LogP) is 4.66. The average molecular weight is 505 g/mol. The molecule has 0 saturated carbocycles. The lowest BCUT2D eigenvalue weighted by Crippen LogP contribution is -2.40. The van der Waals surface area contributed by atoms with Crippen molar-refractivity contribution in [2.75, 3.05) is 17.2 Å². The molecule has 0 aliphatic carbocycles. The van der Waals surface area contributed by atoms with Crippen LogP contribution in [0.15, 0.2) is 71.6 Å². The van der Waals surface area contributed by atoms with Crippen LogP contribution in [0.4, 0.5) is 25.4 Å². The van der Waals surface area contributed by atoms with Crippen molar-refractivity contribution >= 4 is 45.1 Å². The minimum absolute atomic E-state index is 0.00269. The van der Waals surface area contributed by atoms with Crippen LogP contribution in [0.3, 0.4) is 0 Å². The van der Waals surface area contributed by atoms with E-state index < -0.39 is 27.9 Å². The van der Waals surface area contributed by atoms with E-state index in [1.165, 1.54) is 24.3 Å². The number of hydrogen-bond donors (Lipinski definition) is 4. The summed E-state index contributed by atoms with van der Waals surface area (Å²) in [5, 5.41) is 7.59. The average Bonchev–Trinajstić information content (AvgIpc) is 2.77. The molecule has 0 saturated heterocycles. The van der Waals surface area contributed by atoms with E-state index in [1.807, 2.05) is 11.6 Å². The summed E-state index contributed by atoms with van der Waals surface area (Å²) >= 11 is 5.69. The molecule has 4 amide bonds. The second-order valence-electron chi connectivity index (χ2n) is 7.33. The molecule has 0 atom stereocenters. The third-order valence-electron chi connectivity index (χ3n) is 4.65. The van der Waals surface area contributed by atoms with Crippen molar-refractivity contribution in [1.29, 1.82) is 0 Å². The lowest BCUT2D eigenvalue weighted by atomic mass is 10.1. The molecule has 0 spiro atoms. The molecule has 0 fully saturated rings. The molecule has 0 radical (unpaired) electrons. The highest BCUT2D eigenvalue weighted by atomic mass is 35.5. The Morgan fingerprint density at radius 3 is 2.15 bits per heavy atom. The fourth-order valence-electron chi connectivity index (χ4n) is 2.88. The predicted molar refractivity (Wildman–Crippen MR) is 129 cm³/mol. The van der Waals surface area contributed by atoms with Gasteiger partial charge in [0.1, 0.15) is 5.82 Å². The summed E-state index contributed by atoms with van der Waals surface area (Å²) < 4.78 is 39.6. The van der Waals surface area contributed by atoms with Crippen molar-refractivity contribution in [2.45, 2.75) is 18.2 Å². The van der Waals surface area contributed by atoms with Crippen LogP contribution in [0.5, 0.6) is 0 Å². The Hall–Kier alpha value is -3.63. The Labute approximate surface area is 201 Å². The molecule has 0 heterocycles. The number of urea groups is 2. The van der Waals surface area contributed by atoms with E-state index in [-0.39, 0.29) is 16.5 Å². The molecule has 3 rings (SSSR count). The van der Waals surface area contributed by atoms with Crippen LogP contribution in [0.2, 0.25) is 5.02 Å². The van der Waals surface area contributed by atoms with Crippen molar-refractivity contribution in [3.05, 3.63) is 88.7 Å². The third kappa shape index (κ3) is 7.19. The van der Waals surface area contributed by atoms with Gasteiger partial charge in [-0.2, -0.15) is 0 Å². The summed E-state index contributed by atoms with van der Waals surface area (Å²) in [6, 6.07) is 15.5. The van der Waals surface area contributed by atoms with Crippen LogP contribution in [0.1, 0.15) is 11.1 Å². The van der Waals surface area contributed by atoms with Gasteiger partial charge in [-0.1, -0.05) is 41.4 Å². The van der Waals surface area contributed by atoms with Gasteiger partial charge in [-0.3, -0.25) is 0 Å². The summed E-state index contributed by atoms with van der Waals surface area (Å²) in [4.78, 5) is 24.1. The maximum atomic E-state index is 13.2. The van der Waals surface area contributed by atoms with Crippen LogP contribution in [-0.2, 0) is 16.4 Å². The van der Waals surface area contributed by atoms with Crippen molar-refractivity contribution in [3.8, 4) is 0 Å². The molecule has 3 aromatic carbocycles. The van der Waals surface area contributed by atoms with Crippen molar-refractivity contribution < 1.29 is 22.4 Å². The van der Waals surface area contributed by atoms with Gasteiger partial charge < -0.3 is 16.0 Å². The monoisotopic (exact) mass is 504 g/mol. The van der Waals surface area contributed by atoms with Gasteiger partial charge in [-0.05, 0) is 61.4 Å². The molecule has 0 aromatic heterocycles. The molecule has 3 aromatic rings. The minimum atomic E-state index is -3.95. The first kappa shape index (κ1) is 25.0. The van der Waals surface area contributed by atoms with Gasteiger partial charge in [-0.15, -0.1) is 0 Å². The molecule has 178 valence electrons. The molecule has 0 aliphatic rings. The topological polar surface area (TPSA) is 116 Å². The standard InChI is InChI=1S/C23H22ClFN4O4S/c1-15-2-9-19(10-3-15)34(32,33)29-22(30)26-13-12-16-4-6-17(7-5-16)27-23(31)28-18-8-11-21(25)20(24)14-18/h2-11,14H,12-13H2,1H3,(H2,26,29,30)(H2,27,28,31). The smallest absolute Gasteiger partial charge is 0.328 e. The van der Waals surface area contributed by atoms with Gasteiger partial charge in [-0.25, -0.2) is 27.1 Å². The Balaban J connectivity index is 1.44. The van der Waals surface area contributed by atoms with E-state index in [9.17, 15) is 22.4 Å². The van der Waals surface area contributed by atoms with Crippen molar-refractivity contribution in [3.63, 3.8) is 0 Å². The number of benzene rings is 3. The number of carbonyl (C=O) groups is 2. The van der Waals surface area contributed by atoms with E-state index in [1.54, 1.807) is 36.4 Å². The minimum Gasteiger partial charge on any atom is -0.337 e. The van der Waals surface area contributed by atoms with Gasteiger partial charge in [0.05, 0.1) is 9.92 Å². The van der Waals surface area contributed by atoms with Crippen LogP contribution in [0, 0.1) is 12.7 Å². The van der Waals surface area contributed by atoms with Crippen molar-refractivity contribution in [1.82, 2.24) is 10.0 Å². The SMILES string of the molecule is Cc1ccc(S(=O)(=O)NC(=O)NCCc2ccc(NC(=O)Nc3ccc(F)c(Cl)c3)cc2)cc1. The number of rotatable bonds is 7. The first-order valence-corrected chi connectivity index (χ1v) is 12.0. The lowest BCUT2D eigenvalue weighted by Gasteiger charge is -2.10. The molecule has 34 heavy (non-hydrogen) atoms. The summed E-state index contributed by atoms with van der Waals surface area (Å²) in [6.45, 7) is 2.03. The summed E-state index contributed by atoms with van der Waals surface area (Å²) in [5.74, 6) is -0.580. The molecule has 11 heteroatoms. The molecular weight excluding hydrogens is 483 g/mol. The van der Waals surface area contributed by atoms with E-state index in [0.29, 0.717) is 17.8 Å². The van der Waals surface area contributed by atoms with Gasteiger partial charge in [0.15, 0.2) is 0 Å². The van der Waals surface area contributed by atoms with E-state index in [4.69, 9.17) is 11.6 Å². The Morgan fingerprint density at radius 1 is 0.882 bits per heavy atom. The number of nitrogens with one attached hydrogen (secondary N) is 4. The van der Waals surface area contributed by atoms with E-state index in [2.05, 4.69) is 16.0 Å². The van der Waals surface area contributed by atoms with E-state index in [0.717, 1.165) is 17.2 Å². The normalized spacial score (nSPS) is 10.9. The highest BCUT2D eigenvalue weighted by Crippen LogP contribution is 2.19. The van der Waals surface area contributed by atoms with Gasteiger partial charge in [0, 0.05) is 17.9 Å². The summed E-state index contributed by atoms with van der Waals surface area (Å²) in [7, 11) is -3.95. The van der Waals surface area contributed by atoms with Crippen LogP contribution >= 0.6 is 11.6 Å². The zero-order valence-electron chi connectivity index (χ0n) is 18.1. The first-order chi connectivity index (χ1) is 16.1. The molecule has 0 unspecified atom stereocenters. The second kappa shape index (κ2) is 11.0. The fraction of sp³-hybridized carbons (Fsp3) is 0.130. The van der Waals surface area contributed by atoms with Crippen LogP contribution in [-0.4, -0.2) is 27.0 Å². The summed E-state index contributed by atoms with van der Waals surface area (Å²) in [6.07, 6.45) is 0.443. The van der Waals surface area contributed by atoms with Gasteiger partial charge >= 0.3 is 12.1 Å². The van der Waals surface area contributed by atoms with Crippen molar-refractivity contribution in [2.24, 2.45) is 0 Å². The zero-order valence-corrected chi connectivity index (χ0v) is 19.6. The Bertz CT molecular complexity index is 1280. The Morgan fingerprint density at radius 2 is 1.50 bits per heavy atom. The maximum absolute atomic E-state index is 13.2. The first-order valence-electron chi connectivity index (χ1n) is 10.1. The number of carbonyl (C=O) groups excluding carboxylic acids is 2. The quantitative estimate of drug-likeness (QED) is 0.374. The number of anilines is 2. The third-order valence-corrected chi connectivity index (χ3v) is 6.28. The van der Waals surface area contributed by atoms with E-state index >= 15 is 0 Å². The highest BCUT2D eigenvalue weighted by Gasteiger charge is 2.17. The highest BCUT2D eigenvalue weighted by molar-refractivity contribution is 7.90. The van der Waals surface area contributed by atoms with Gasteiger partial charge in [0.25, 0.3) is 10.0 Å². The Kier molecular flexibility index (Phi) is 8.08.